The van der Waals surface area contributed by atoms with E-state index in [1.165, 1.54) is 12.8 Å². The quantitative estimate of drug-likeness (QED) is 0.862. The first-order valence-corrected chi connectivity index (χ1v) is 9.07. The molecule has 0 radical (unpaired) electrons. The second kappa shape index (κ2) is 6.42. The van der Waals surface area contributed by atoms with E-state index in [-0.39, 0.29) is 11.9 Å². The molecule has 1 aromatic carbocycles. The van der Waals surface area contributed by atoms with Crippen LogP contribution in [-0.4, -0.2) is 35.5 Å². The smallest absolute Gasteiger partial charge is 0.223 e. The van der Waals surface area contributed by atoms with Crippen LogP contribution in [0.5, 0.6) is 0 Å². The van der Waals surface area contributed by atoms with E-state index in [0.29, 0.717) is 32.1 Å². The number of hydrogen-bond donors (Lipinski definition) is 0. The summed E-state index contributed by atoms with van der Waals surface area (Å²) < 4.78 is 5.62. The van der Waals surface area contributed by atoms with E-state index in [1.807, 2.05) is 23.1 Å². The summed E-state index contributed by atoms with van der Waals surface area (Å²) >= 11 is 1.63. The van der Waals surface area contributed by atoms with Gasteiger partial charge in [0.15, 0.2) is 0 Å². The van der Waals surface area contributed by atoms with Gasteiger partial charge in [-0.05, 0) is 18.8 Å². The lowest BCUT2D eigenvalue weighted by Crippen LogP contribution is -2.43. The van der Waals surface area contributed by atoms with Crippen LogP contribution in [0.15, 0.2) is 35.7 Å². The predicted octanol–water partition coefficient (Wildman–Crippen LogP) is 3.51. The Morgan fingerprint density at radius 2 is 2.13 bits per heavy atom. The third-order valence-corrected chi connectivity index (χ3v) is 5.40. The van der Waals surface area contributed by atoms with E-state index in [2.05, 4.69) is 17.5 Å². The largest absolute Gasteiger partial charge is 0.377 e. The van der Waals surface area contributed by atoms with Gasteiger partial charge >= 0.3 is 0 Å². The molecule has 0 bridgehead atoms. The zero-order valence-electron chi connectivity index (χ0n) is 13.0. The molecule has 1 amide bonds. The molecule has 1 unspecified atom stereocenters. The van der Waals surface area contributed by atoms with Gasteiger partial charge in [0.25, 0.3) is 0 Å². The van der Waals surface area contributed by atoms with Gasteiger partial charge in [0, 0.05) is 23.9 Å². The van der Waals surface area contributed by atoms with Gasteiger partial charge < -0.3 is 9.64 Å². The summed E-state index contributed by atoms with van der Waals surface area (Å²) in [6.45, 7) is 1.85. The van der Waals surface area contributed by atoms with Crippen LogP contribution in [0.1, 0.15) is 31.0 Å². The molecule has 1 aliphatic heterocycles. The SMILES string of the molecule is O=C(CC1CC1)N1CCOCC1c1csc(-c2ccccc2)n1. The van der Waals surface area contributed by atoms with Crippen molar-refractivity contribution in [1.82, 2.24) is 9.88 Å². The highest BCUT2D eigenvalue weighted by atomic mass is 32.1. The van der Waals surface area contributed by atoms with Crippen LogP contribution in [0.25, 0.3) is 10.6 Å². The molecule has 1 atom stereocenters. The first-order valence-electron chi connectivity index (χ1n) is 8.19. The van der Waals surface area contributed by atoms with Crippen molar-refractivity contribution in [3.05, 3.63) is 41.4 Å². The first-order chi connectivity index (χ1) is 11.3. The number of carbonyl (C=O) groups excluding carboxylic acids is 1. The van der Waals surface area contributed by atoms with Crippen molar-refractivity contribution < 1.29 is 9.53 Å². The second-order valence-corrected chi connectivity index (χ2v) is 7.13. The fourth-order valence-electron chi connectivity index (χ4n) is 2.99. The number of amides is 1. The summed E-state index contributed by atoms with van der Waals surface area (Å²) in [5.41, 5.74) is 2.08. The van der Waals surface area contributed by atoms with E-state index >= 15 is 0 Å². The second-order valence-electron chi connectivity index (χ2n) is 6.27. The topological polar surface area (TPSA) is 42.4 Å². The van der Waals surface area contributed by atoms with Gasteiger partial charge in [0.1, 0.15) is 5.01 Å². The van der Waals surface area contributed by atoms with Gasteiger partial charge in [-0.3, -0.25) is 4.79 Å². The van der Waals surface area contributed by atoms with Crippen LogP contribution in [0, 0.1) is 5.92 Å². The van der Waals surface area contributed by atoms with E-state index in [0.717, 1.165) is 16.3 Å². The van der Waals surface area contributed by atoms with Crippen LogP contribution >= 0.6 is 11.3 Å². The number of hydrogen-bond acceptors (Lipinski definition) is 4. The standard InChI is InChI=1S/C18H20N2O2S/c21-17(10-13-6-7-13)20-8-9-22-11-16(20)15-12-23-18(19-15)14-4-2-1-3-5-14/h1-5,12-13,16H,6-11H2. The van der Waals surface area contributed by atoms with Crippen molar-refractivity contribution >= 4 is 17.2 Å². The van der Waals surface area contributed by atoms with Crippen LogP contribution < -0.4 is 0 Å². The highest BCUT2D eigenvalue weighted by molar-refractivity contribution is 7.13. The molecule has 2 aromatic rings. The minimum Gasteiger partial charge on any atom is -0.377 e. The summed E-state index contributed by atoms with van der Waals surface area (Å²) in [7, 11) is 0. The molecular formula is C18H20N2O2S. The van der Waals surface area contributed by atoms with Gasteiger partial charge in [0.2, 0.25) is 5.91 Å². The molecule has 2 aliphatic rings. The Bertz CT molecular complexity index is 681. The number of thiazole rings is 1. The lowest BCUT2D eigenvalue weighted by atomic mass is 10.1. The van der Waals surface area contributed by atoms with Crippen molar-refractivity contribution in [2.75, 3.05) is 19.8 Å². The minimum atomic E-state index is -0.0382. The molecule has 23 heavy (non-hydrogen) atoms. The maximum atomic E-state index is 12.6. The summed E-state index contributed by atoms with van der Waals surface area (Å²) in [6.07, 6.45) is 3.09. The Labute approximate surface area is 140 Å². The van der Waals surface area contributed by atoms with Crippen LogP contribution in [-0.2, 0) is 9.53 Å². The number of rotatable bonds is 4. The molecule has 4 rings (SSSR count). The Morgan fingerprint density at radius 3 is 2.91 bits per heavy atom. The van der Waals surface area contributed by atoms with Crippen molar-refractivity contribution in [3.8, 4) is 10.6 Å². The minimum absolute atomic E-state index is 0.0382. The van der Waals surface area contributed by atoms with Crippen molar-refractivity contribution in [2.45, 2.75) is 25.3 Å². The van der Waals surface area contributed by atoms with E-state index in [9.17, 15) is 4.79 Å². The number of morpholine rings is 1. The zero-order chi connectivity index (χ0) is 15.6. The van der Waals surface area contributed by atoms with Gasteiger partial charge in [-0.25, -0.2) is 4.98 Å². The van der Waals surface area contributed by atoms with Crippen LogP contribution in [0.2, 0.25) is 0 Å². The summed E-state index contributed by atoms with van der Waals surface area (Å²) in [6, 6.07) is 10.1. The third kappa shape index (κ3) is 3.31. The van der Waals surface area contributed by atoms with Crippen molar-refractivity contribution in [1.29, 1.82) is 0 Å². The molecule has 0 N–H and O–H groups in total. The molecule has 120 valence electrons. The highest BCUT2D eigenvalue weighted by Gasteiger charge is 2.33. The molecule has 1 saturated carbocycles. The molecule has 1 aliphatic carbocycles. The molecule has 2 fully saturated rings. The summed E-state index contributed by atoms with van der Waals surface area (Å²) in [5, 5.41) is 3.07. The van der Waals surface area contributed by atoms with Crippen molar-refractivity contribution in [3.63, 3.8) is 0 Å². The van der Waals surface area contributed by atoms with E-state index < -0.39 is 0 Å². The first kappa shape index (κ1) is 14.8. The Balaban J connectivity index is 1.55. The molecular weight excluding hydrogens is 308 g/mol. The molecule has 2 heterocycles. The summed E-state index contributed by atoms with van der Waals surface area (Å²) in [4.78, 5) is 19.3. The number of aromatic nitrogens is 1. The lowest BCUT2D eigenvalue weighted by molar-refractivity contribution is -0.140. The average Bonchev–Trinajstić information content (AvgIpc) is 3.27. The predicted molar refractivity (Wildman–Crippen MR) is 90.2 cm³/mol. The van der Waals surface area contributed by atoms with E-state index in [4.69, 9.17) is 9.72 Å². The summed E-state index contributed by atoms with van der Waals surface area (Å²) in [5.74, 6) is 0.872. The molecule has 0 spiro atoms. The van der Waals surface area contributed by atoms with Gasteiger partial charge in [-0.15, -0.1) is 11.3 Å². The Kier molecular flexibility index (Phi) is 4.14. The third-order valence-electron chi connectivity index (χ3n) is 4.49. The van der Waals surface area contributed by atoms with E-state index in [1.54, 1.807) is 11.3 Å². The fourth-order valence-corrected chi connectivity index (χ4v) is 3.86. The zero-order valence-corrected chi connectivity index (χ0v) is 13.8. The van der Waals surface area contributed by atoms with Gasteiger partial charge in [-0.1, -0.05) is 30.3 Å². The number of nitrogens with zero attached hydrogens (tertiary/aromatic N) is 2. The monoisotopic (exact) mass is 328 g/mol. The molecule has 5 heteroatoms. The molecule has 4 nitrogen and oxygen atoms in total. The lowest BCUT2D eigenvalue weighted by Gasteiger charge is -2.34. The van der Waals surface area contributed by atoms with Crippen LogP contribution in [0.4, 0.5) is 0 Å². The maximum Gasteiger partial charge on any atom is 0.223 e. The van der Waals surface area contributed by atoms with Crippen molar-refractivity contribution in [2.24, 2.45) is 5.92 Å². The average molecular weight is 328 g/mol. The maximum absolute atomic E-state index is 12.6. The fraction of sp³-hybridized carbons (Fsp3) is 0.444. The van der Waals surface area contributed by atoms with Gasteiger partial charge in [-0.2, -0.15) is 0 Å². The molecule has 1 saturated heterocycles. The molecule has 1 aromatic heterocycles. The normalized spacial score (nSPS) is 21.4. The number of benzene rings is 1. The number of carbonyl (C=O) groups is 1. The number of ether oxygens (including phenoxy) is 1. The Morgan fingerprint density at radius 1 is 1.30 bits per heavy atom. The van der Waals surface area contributed by atoms with Crippen LogP contribution in [0.3, 0.4) is 0 Å². The highest BCUT2D eigenvalue weighted by Crippen LogP contribution is 2.35. The van der Waals surface area contributed by atoms with Gasteiger partial charge in [0.05, 0.1) is 24.9 Å². The Hall–Kier alpha value is -1.72.